The molecule has 0 saturated carbocycles. The van der Waals surface area contributed by atoms with Gasteiger partial charge in [0.25, 0.3) is 11.8 Å². The molecule has 0 radical (unpaired) electrons. The van der Waals surface area contributed by atoms with Gasteiger partial charge in [0, 0.05) is 6.42 Å². The minimum absolute atomic E-state index is 0.0260. The summed E-state index contributed by atoms with van der Waals surface area (Å²) in [5, 5.41) is 7.92. The van der Waals surface area contributed by atoms with Crippen LogP contribution in [-0.4, -0.2) is 29.7 Å². The Labute approximate surface area is 155 Å². The first-order valence-corrected chi connectivity index (χ1v) is 8.35. The van der Waals surface area contributed by atoms with Gasteiger partial charge in [0.1, 0.15) is 6.04 Å². The second kappa shape index (κ2) is 7.69. The van der Waals surface area contributed by atoms with Gasteiger partial charge in [0.15, 0.2) is 0 Å². The fourth-order valence-corrected chi connectivity index (χ4v) is 2.81. The predicted octanol–water partition coefficient (Wildman–Crippen LogP) is 1.25. The van der Waals surface area contributed by atoms with Crippen LogP contribution in [0.4, 0.5) is 11.4 Å². The smallest absolute Gasteiger partial charge is 0.254 e. The van der Waals surface area contributed by atoms with E-state index in [0.717, 1.165) is 0 Å². The molecule has 5 N–H and O–H groups in total. The van der Waals surface area contributed by atoms with E-state index >= 15 is 0 Å². The van der Waals surface area contributed by atoms with Crippen molar-refractivity contribution in [3.63, 3.8) is 0 Å². The molecule has 0 bridgehead atoms. The van der Waals surface area contributed by atoms with Crippen molar-refractivity contribution in [1.29, 1.82) is 0 Å². The first-order chi connectivity index (χ1) is 13.0. The van der Waals surface area contributed by atoms with Crippen molar-refractivity contribution in [2.45, 2.75) is 18.9 Å². The first-order valence-electron chi connectivity index (χ1n) is 8.35. The molecule has 3 rings (SSSR count). The monoisotopic (exact) mass is 366 g/mol. The quantitative estimate of drug-likeness (QED) is 0.634. The molecule has 0 aliphatic carbocycles. The van der Waals surface area contributed by atoms with Crippen LogP contribution in [0.25, 0.3) is 0 Å². The van der Waals surface area contributed by atoms with Crippen LogP contribution in [0, 0.1) is 0 Å². The van der Waals surface area contributed by atoms with E-state index in [1.807, 2.05) is 0 Å². The van der Waals surface area contributed by atoms with Gasteiger partial charge in [-0.1, -0.05) is 24.3 Å². The number of anilines is 2. The highest BCUT2D eigenvalue weighted by Gasteiger charge is 2.27. The molecule has 0 aromatic heterocycles. The lowest BCUT2D eigenvalue weighted by molar-refractivity contribution is -0.118. The Hall–Kier alpha value is -3.68. The molecular weight excluding hydrogens is 348 g/mol. The van der Waals surface area contributed by atoms with Crippen LogP contribution in [-0.2, 0) is 9.59 Å². The predicted molar refractivity (Wildman–Crippen MR) is 99.1 cm³/mol. The highest BCUT2D eigenvalue weighted by molar-refractivity contribution is 6.10. The summed E-state index contributed by atoms with van der Waals surface area (Å²) in [6, 6.07) is 12.2. The third-order valence-corrected chi connectivity index (χ3v) is 4.18. The third kappa shape index (κ3) is 4.12. The molecule has 8 heteroatoms. The lowest BCUT2D eigenvalue weighted by Gasteiger charge is -2.14. The summed E-state index contributed by atoms with van der Waals surface area (Å²) < 4.78 is 0. The van der Waals surface area contributed by atoms with Gasteiger partial charge in [0.05, 0.1) is 22.5 Å². The van der Waals surface area contributed by atoms with Crippen molar-refractivity contribution in [2.24, 2.45) is 5.73 Å². The highest BCUT2D eigenvalue weighted by Crippen LogP contribution is 2.20. The maximum absolute atomic E-state index is 12.3. The van der Waals surface area contributed by atoms with Gasteiger partial charge in [-0.05, 0) is 30.7 Å². The molecule has 2 aromatic rings. The summed E-state index contributed by atoms with van der Waals surface area (Å²) in [5.74, 6) is -1.82. The van der Waals surface area contributed by atoms with Crippen molar-refractivity contribution in [3.05, 3.63) is 59.7 Å². The fraction of sp³-hybridized carbons (Fsp3) is 0.158. The second-order valence-electron chi connectivity index (χ2n) is 6.06. The molecule has 0 saturated heterocycles. The lowest BCUT2D eigenvalue weighted by atomic mass is 10.1. The largest absolute Gasteiger partial charge is 0.366 e. The number of amides is 4. The summed E-state index contributed by atoms with van der Waals surface area (Å²) in [7, 11) is 0. The molecule has 1 aliphatic heterocycles. The summed E-state index contributed by atoms with van der Waals surface area (Å²) in [5.41, 5.74) is 6.58. The highest BCUT2D eigenvalue weighted by atomic mass is 16.2. The molecule has 0 fully saturated rings. The van der Waals surface area contributed by atoms with Crippen molar-refractivity contribution in [1.82, 2.24) is 5.32 Å². The second-order valence-corrected chi connectivity index (χ2v) is 6.06. The molecule has 2 aromatic carbocycles. The Balaban J connectivity index is 1.63. The van der Waals surface area contributed by atoms with Gasteiger partial charge in [0.2, 0.25) is 11.8 Å². The maximum atomic E-state index is 12.3. The van der Waals surface area contributed by atoms with E-state index in [1.54, 1.807) is 42.5 Å². The van der Waals surface area contributed by atoms with E-state index in [-0.39, 0.29) is 24.3 Å². The van der Waals surface area contributed by atoms with Crippen LogP contribution >= 0.6 is 0 Å². The molecule has 27 heavy (non-hydrogen) atoms. The van der Waals surface area contributed by atoms with Gasteiger partial charge >= 0.3 is 0 Å². The van der Waals surface area contributed by atoms with E-state index in [1.165, 1.54) is 6.07 Å². The molecular formula is C19H18N4O4. The summed E-state index contributed by atoms with van der Waals surface area (Å²) in [6.45, 7) is 0. The maximum Gasteiger partial charge on any atom is 0.254 e. The number of nitrogens with two attached hydrogens (primary N) is 1. The summed E-state index contributed by atoms with van der Waals surface area (Å²) >= 11 is 0. The zero-order chi connectivity index (χ0) is 19.4. The molecule has 1 heterocycles. The number of carbonyl (C=O) groups excluding carboxylic acids is 4. The van der Waals surface area contributed by atoms with Gasteiger partial charge in [-0.2, -0.15) is 0 Å². The number of hydrogen-bond acceptors (Lipinski definition) is 4. The Morgan fingerprint density at radius 3 is 2.52 bits per heavy atom. The third-order valence-electron chi connectivity index (χ3n) is 4.18. The average Bonchev–Trinajstić information content (AvgIpc) is 2.76. The van der Waals surface area contributed by atoms with E-state index in [0.29, 0.717) is 16.9 Å². The van der Waals surface area contributed by atoms with Gasteiger partial charge in [-0.25, -0.2) is 0 Å². The topological polar surface area (TPSA) is 130 Å². The number of nitrogens with one attached hydrogen (secondary N) is 3. The Kier molecular flexibility index (Phi) is 5.16. The number of fused-ring (bicyclic) bond motifs is 1. The zero-order valence-electron chi connectivity index (χ0n) is 14.3. The number of rotatable bonds is 5. The lowest BCUT2D eigenvalue weighted by Crippen LogP contribution is -2.41. The number of carbonyl (C=O) groups is 4. The van der Waals surface area contributed by atoms with Crippen LogP contribution < -0.4 is 21.7 Å². The molecule has 1 unspecified atom stereocenters. The van der Waals surface area contributed by atoms with Crippen molar-refractivity contribution in [2.75, 3.05) is 10.6 Å². The van der Waals surface area contributed by atoms with Crippen molar-refractivity contribution < 1.29 is 19.2 Å². The van der Waals surface area contributed by atoms with E-state index in [4.69, 9.17) is 5.73 Å². The van der Waals surface area contributed by atoms with Crippen molar-refractivity contribution in [3.8, 4) is 0 Å². The SMILES string of the molecule is NC(=O)c1ccccc1NC(=O)CCC1NC(=O)c2ccccc2NC1=O. The van der Waals surface area contributed by atoms with Gasteiger partial charge in [-0.15, -0.1) is 0 Å². The molecule has 8 nitrogen and oxygen atoms in total. The number of para-hydroxylation sites is 2. The molecule has 1 atom stereocenters. The van der Waals surface area contributed by atoms with Crippen LogP contribution in [0.3, 0.4) is 0 Å². The van der Waals surface area contributed by atoms with E-state index < -0.39 is 23.8 Å². The Bertz CT molecular complexity index is 925. The molecule has 138 valence electrons. The molecule has 0 spiro atoms. The van der Waals surface area contributed by atoms with Crippen LogP contribution in [0.2, 0.25) is 0 Å². The van der Waals surface area contributed by atoms with E-state index in [9.17, 15) is 19.2 Å². The van der Waals surface area contributed by atoms with Crippen LogP contribution in [0.1, 0.15) is 33.6 Å². The van der Waals surface area contributed by atoms with Crippen LogP contribution in [0.15, 0.2) is 48.5 Å². The Morgan fingerprint density at radius 1 is 1.04 bits per heavy atom. The average molecular weight is 366 g/mol. The minimum Gasteiger partial charge on any atom is -0.366 e. The summed E-state index contributed by atoms with van der Waals surface area (Å²) in [6.07, 6.45) is 0.0813. The Morgan fingerprint density at radius 2 is 1.74 bits per heavy atom. The number of benzene rings is 2. The van der Waals surface area contributed by atoms with Gasteiger partial charge < -0.3 is 21.7 Å². The number of primary amides is 1. The fourth-order valence-electron chi connectivity index (χ4n) is 2.81. The van der Waals surface area contributed by atoms with Crippen LogP contribution in [0.5, 0.6) is 0 Å². The van der Waals surface area contributed by atoms with Crippen molar-refractivity contribution >= 4 is 35.0 Å². The zero-order valence-corrected chi connectivity index (χ0v) is 14.3. The molecule has 1 aliphatic rings. The summed E-state index contributed by atoms with van der Waals surface area (Å²) in [4.78, 5) is 48.2. The van der Waals surface area contributed by atoms with E-state index in [2.05, 4.69) is 16.0 Å². The minimum atomic E-state index is -0.845. The van der Waals surface area contributed by atoms with Gasteiger partial charge in [-0.3, -0.25) is 19.2 Å². The molecule has 4 amide bonds. The number of hydrogen-bond donors (Lipinski definition) is 4. The standard InChI is InChI=1S/C19H18N4O4/c20-17(25)11-5-1-3-7-13(11)21-16(24)10-9-15-19(27)22-14-8-4-2-6-12(14)18(26)23-15/h1-8,15H,9-10H2,(H2,20,25)(H,21,24)(H,22,27)(H,23,26). The first kappa shape index (κ1) is 18.1. The normalized spacial score (nSPS) is 15.8.